The van der Waals surface area contributed by atoms with Crippen molar-refractivity contribution in [2.75, 3.05) is 12.0 Å². The maximum Gasteiger partial charge on any atom is 0.301 e. The van der Waals surface area contributed by atoms with Gasteiger partial charge < -0.3 is 14.9 Å². The molecule has 1 aliphatic rings. The van der Waals surface area contributed by atoms with Crippen molar-refractivity contribution in [2.24, 2.45) is 0 Å². The molecule has 0 spiro atoms. The molecule has 1 aromatic heterocycles. The van der Waals surface area contributed by atoms with Crippen LogP contribution in [0.4, 0.5) is 5.13 Å². The molecule has 0 aliphatic carbocycles. The number of anilines is 1. The van der Waals surface area contributed by atoms with Crippen LogP contribution in [0.1, 0.15) is 28.3 Å². The first-order chi connectivity index (χ1) is 17.2. The van der Waals surface area contributed by atoms with Crippen molar-refractivity contribution in [1.29, 1.82) is 0 Å². The number of aliphatic hydroxyl groups excluding tert-OH is 1. The number of aliphatic hydroxyl groups is 1. The number of ketones is 1. The minimum absolute atomic E-state index is 0.0311. The van der Waals surface area contributed by atoms with E-state index in [-0.39, 0.29) is 27.7 Å². The summed E-state index contributed by atoms with van der Waals surface area (Å²) in [6.45, 7) is 3.98. The highest BCUT2D eigenvalue weighted by Gasteiger charge is 2.48. The van der Waals surface area contributed by atoms with E-state index in [2.05, 4.69) is 4.98 Å². The summed E-state index contributed by atoms with van der Waals surface area (Å²) < 4.78 is 6.05. The second-order valence-electron chi connectivity index (χ2n) is 8.51. The largest absolute Gasteiger partial charge is 0.508 e. The molecular formula is C27H21ClN2O5S. The van der Waals surface area contributed by atoms with Gasteiger partial charge in [-0.3, -0.25) is 14.5 Å². The third-order valence-corrected chi connectivity index (χ3v) is 7.59. The number of carbonyl (C=O) groups excluding carboxylic acids is 2. The topological polar surface area (TPSA) is 100.0 Å². The molecule has 1 fully saturated rings. The predicted octanol–water partition coefficient (Wildman–Crippen LogP) is 5.91. The molecule has 36 heavy (non-hydrogen) atoms. The lowest BCUT2D eigenvalue weighted by molar-refractivity contribution is -0.132. The van der Waals surface area contributed by atoms with Gasteiger partial charge in [-0.15, -0.1) is 0 Å². The minimum atomic E-state index is -0.964. The van der Waals surface area contributed by atoms with Crippen molar-refractivity contribution >= 4 is 55.7 Å². The van der Waals surface area contributed by atoms with Gasteiger partial charge in [-0.25, -0.2) is 4.98 Å². The van der Waals surface area contributed by atoms with Crippen LogP contribution in [0, 0.1) is 13.8 Å². The summed E-state index contributed by atoms with van der Waals surface area (Å²) in [5, 5.41) is 21.7. The number of hydrogen-bond acceptors (Lipinski definition) is 7. The van der Waals surface area contributed by atoms with E-state index in [1.807, 2.05) is 26.0 Å². The van der Waals surface area contributed by atoms with Gasteiger partial charge >= 0.3 is 5.91 Å². The van der Waals surface area contributed by atoms with E-state index in [0.29, 0.717) is 22.0 Å². The lowest BCUT2D eigenvalue weighted by Crippen LogP contribution is -2.29. The number of methoxy groups -OCH3 is 1. The van der Waals surface area contributed by atoms with Crippen LogP contribution in [0.15, 0.2) is 60.2 Å². The summed E-state index contributed by atoms with van der Waals surface area (Å²) in [6.07, 6.45) is 0. The van der Waals surface area contributed by atoms with Gasteiger partial charge in [0.05, 0.1) is 34.0 Å². The monoisotopic (exact) mass is 520 g/mol. The zero-order chi connectivity index (χ0) is 25.7. The number of thiazole rings is 1. The van der Waals surface area contributed by atoms with Gasteiger partial charge in [0.1, 0.15) is 17.3 Å². The Morgan fingerprint density at radius 3 is 2.42 bits per heavy atom. The number of halogens is 1. The van der Waals surface area contributed by atoms with Crippen LogP contribution in [-0.4, -0.2) is 34.0 Å². The summed E-state index contributed by atoms with van der Waals surface area (Å²) in [6, 6.07) is 13.7. The van der Waals surface area contributed by atoms with Crippen LogP contribution in [0.5, 0.6) is 11.5 Å². The first-order valence-electron chi connectivity index (χ1n) is 11.0. The maximum absolute atomic E-state index is 13.4. The van der Waals surface area contributed by atoms with Crippen molar-refractivity contribution in [1.82, 2.24) is 4.98 Å². The van der Waals surface area contributed by atoms with Crippen molar-refractivity contribution < 1.29 is 24.5 Å². The Morgan fingerprint density at radius 2 is 1.75 bits per heavy atom. The summed E-state index contributed by atoms with van der Waals surface area (Å²) in [5.41, 5.74) is 3.56. The van der Waals surface area contributed by atoms with E-state index in [1.54, 1.807) is 24.3 Å². The second-order valence-corrected chi connectivity index (χ2v) is 9.93. The molecule has 0 radical (unpaired) electrons. The molecule has 5 rings (SSSR count). The molecule has 1 unspecified atom stereocenters. The van der Waals surface area contributed by atoms with Gasteiger partial charge in [0.25, 0.3) is 5.78 Å². The number of hydrogen-bond donors (Lipinski definition) is 2. The van der Waals surface area contributed by atoms with E-state index in [9.17, 15) is 19.8 Å². The summed E-state index contributed by atoms with van der Waals surface area (Å²) in [7, 11) is 1.47. The average molecular weight is 521 g/mol. The number of Topliss-reactive ketones (excluding diaryl/α,β-unsaturated/α-hetero) is 1. The minimum Gasteiger partial charge on any atom is -0.508 e. The van der Waals surface area contributed by atoms with Crippen LogP contribution in [-0.2, 0) is 9.59 Å². The number of rotatable bonds is 4. The molecule has 1 aliphatic heterocycles. The summed E-state index contributed by atoms with van der Waals surface area (Å²) in [5.74, 6) is -1.58. The van der Waals surface area contributed by atoms with Crippen LogP contribution in [0.3, 0.4) is 0 Å². The van der Waals surface area contributed by atoms with Gasteiger partial charge in [0.2, 0.25) is 0 Å². The molecule has 0 saturated carbocycles. The predicted molar refractivity (Wildman–Crippen MR) is 140 cm³/mol. The molecule has 9 heteroatoms. The molecule has 2 heterocycles. The number of benzene rings is 3. The lowest BCUT2D eigenvalue weighted by Gasteiger charge is -2.23. The van der Waals surface area contributed by atoms with Crippen LogP contribution >= 0.6 is 22.9 Å². The molecule has 1 saturated heterocycles. The number of amides is 1. The number of aromatic hydroxyl groups is 1. The Kier molecular flexibility index (Phi) is 5.94. The van der Waals surface area contributed by atoms with Gasteiger partial charge in [-0.1, -0.05) is 35.1 Å². The number of phenols is 1. The van der Waals surface area contributed by atoms with E-state index < -0.39 is 17.7 Å². The fourth-order valence-electron chi connectivity index (χ4n) is 4.24. The van der Waals surface area contributed by atoms with Crippen LogP contribution < -0.4 is 9.64 Å². The lowest BCUT2D eigenvalue weighted by atomic mass is 9.95. The Balaban J connectivity index is 1.72. The zero-order valence-electron chi connectivity index (χ0n) is 19.6. The number of nitrogens with zero attached hydrogens (tertiary/aromatic N) is 2. The van der Waals surface area contributed by atoms with Crippen LogP contribution in [0.25, 0.3) is 16.0 Å². The SMILES string of the molecule is COc1ccc(/C(O)=C2\C(=O)C(=O)N(c3nc4cc(C)c(C)cc4s3)C2c2ccc(O)cc2)cc1Cl. The van der Waals surface area contributed by atoms with E-state index in [4.69, 9.17) is 16.3 Å². The Bertz CT molecular complexity index is 1540. The molecule has 182 valence electrons. The Hall–Kier alpha value is -3.88. The molecule has 3 aromatic carbocycles. The van der Waals surface area contributed by atoms with Crippen molar-refractivity contribution in [3.05, 3.63) is 87.4 Å². The highest BCUT2D eigenvalue weighted by Crippen LogP contribution is 2.45. The normalized spacial score (nSPS) is 17.2. The standard InChI is InChI=1S/C27H21ClN2O5S/c1-13-10-19-21(11-14(13)2)36-27(29-19)30-23(15-4-7-17(31)8-5-15)22(25(33)26(30)34)24(32)16-6-9-20(35-3)18(28)12-16/h4-12,23,31-32H,1-3H3/b24-22+. The first-order valence-corrected chi connectivity index (χ1v) is 12.2. The number of fused-ring (bicyclic) bond motifs is 1. The molecule has 1 amide bonds. The van der Waals surface area contributed by atoms with Gasteiger partial charge in [0.15, 0.2) is 5.13 Å². The van der Waals surface area contributed by atoms with E-state index in [1.165, 1.54) is 41.5 Å². The smallest absolute Gasteiger partial charge is 0.301 e. The molecule has 1 atom stereocenters. The van der Waals surface area contributed by atoms with E-state index >= 15 is 0 Å². The van der Waals surface area contributed by atoms with Crippen molar-refractivity contribution in [2.45, 2.75) is 19.9 Å². The zero-order valence-corrected chi connectivity index (χ0v) is 21.1. The average Bonchev–Trinajstić information content (AvgIpc) is 3.37. The Morgan fingerprint density at radius 1 is 1.06 bits per heavy atom. The molecule has 2 N–H and O–H groups in total. The molecular weight excluding hydrogens is 500 g/mol. The molecule has 0 bridgehead atoms. The third-order valence-electron chi connectivity index (χ3n) is 6.28. The Labute approximate surface area is 215 Å². The highest BCUT2D eigenvalue weighted by molar-refractivity contribution is 7.22. The van der Waals surface area contributed by atoms with Gasteiger partial charge in [0, 0.05) is 5.56 Å². The molecule has 4 aromatic rings. The fraction of sp³-hybridized carbons (Fsp3) is 0.148. The number of carbonyl (C=O) groups is 2. The van der Waals surface area contributed by atoms with Crippen LogP contribution in [0.2, 0.25) is 5.02 Å². The number of ether oxygens (including phenoxy) is 1. The van der Waals surface area contributed by atoms with Crippen molar-refractivity contribution in [3.8, 4) is 11.5 Å². The summed E-state index contributed by atoms with van der Waals surface area (Å²) >= 11 is 7.55. The van der Waals surface area contributed by atoms with Crippen molar-refractivity contribution in [3.63, 3.8) is 0 Å². The second kappa shape index (κ2) is 8.96. The summed E-state index contributed by atoms with van der Waals surface area (Å²) in [4.78, 5) is 32.7. The van der Waals surface area contributed by atoms with Gasteiger partial charge in [-0.2, -0.15) is 0 Å². The third kappa shape index (κ3) is 3.88. The quantitative estimate of drug-likeness (QED) is 0.197. The van der Waals surface area contributed by atoms with E-state index in [0.717, 1.165) is 15.8 Å². The number of phenolic OH excluding ortho intramolecular Hbond substituents is 1. The number of aromatic nitrogens is 1. The number of aryl methyl sites for hydroxylation is 2. The van der Waals surface area contributed by atoms with Gasteiger partial charge in [-0.05, 0) is 73.0 Å². The highest BCUT2D eigenvalue weighted by atomic mass is 35.5. The molecule has 7 nitrogen and oxygen atoms in total. The first kappa shape index (κ1) is 23.8. The fourth-order valence-corrected chi connectivity index (χ4v) is 5.57. The maximum atomic E-state index is 13.4.